The third-order valence-corrected chi connectivity index (χ3v) is 4.39. The largest absolute Gasteiger partial charge is 0.344 e. The van der Waals surface area contributed by atoms with Crippen LogP contribution < -0.4 is 10.6 Å². The highest BCUT2D eigenvalue weighted by Crippen LogP contribution is 2.24. The van der Waals surface area contributed by atoms with Gasteiger partial charge in [0, 0.05) is 19.3 Å². The molecule has 5 nitrogen and oxygen atoms in total. The molecule has 0 unspecified atom stereocenters. The fourth-order valence-corrected chi connectivity index (χ4v) is 3.15. The van der Waals surface area contributed by atoms with Crippen LogP contribution in [0.25, 0.3) is 11.1 Å². The molecule has 1 aliphatic heterocycles. The van der Waals surface area contributed by atoms with Gasteiger partial charge >= 0.3 is 6.03 Å². The summed E-state index contributed by atoms with van der Waals surface area (Å²) in [4.78, 5) is 25.4. The van der Waals surface area contributed by atoms with Crippen molar-refractivity contribution in [1.82, 2.24) is 10.2 Å². The number of rotatable bonds is 3. The molecular formula is C16H17N3O2S. The topological polar surface area (TPSA) is 61.4 Å². The van der Waals surface area contributed by atoms with Gasteiger partial charge in [0.1, 0.15) is 6.04 Å². The molecule has 0 saturated carbocycles. The Balaban J connectivity index is 1.65. The van der Waals surface area contributed by atoms with Gasteiger partial charge in [-0.05, 0) is 46.5 Å². The minimum atomic E-state index is -0.426. The van der Waals surface area contributed by atoms with Crippen LogP contribution in [0, 0.1) is 0 Å². The first kappa shape index (κ1) is 14.6. The first-order valence-electron chi connectivity index (χ1n) is 7.08. The molecule has 2 N–H and O–H groups in total. The summed E-state index contributed by atoms with van der Waals surface area (Å²) in [5, 5.41) is 9.59. The van der Waals surface area contributed by atoms with E-state index in [0.29, 0.717) is 18.7 Å². The van der Waals surface area contributed by atoms with Crippen LogP contribution in [0.5, 0.6) is 0 Å². The van der Waals surface area contributed by atoms with Gasteiger partial charge in [0.05, 0.1) is 0 Å². The summed E-state index contributed by atoms with van der Waals surface area (Å²) in [6, 6.07) is 8.91. The second-order valence-electron chi connectivity index (χ2n) is 5.29. The van der Waals surface area contributed by atoms with E-state index >= 15 is 0 Å². The van der Waals surface area contributed by atoms with E-state index in [9.17, 15) is 9.59 Å². The minimum Gasteiger partial charge on any atom is -0.344 e. The Kier molecular flexibility index (Phi) is 4.11. The average molecular weight is 315 g/mol. The zero-order valence-corrected chi connectivity index (χ0v) is 13.0. The van der Waals surface area contributed by atoms with Crippen molar-refractivity contribution in [2.45, 2.75) is 12.5 Å². The molecule has 0 spiro atoms. The van der Waals surface area contributed by atoms with E-state index in [-0.39, 0.29) is 11.9 Å². The first-order valence-corrected chi connectivity index (χ1v) is 8.03. The van der Waals surface area contributed by atoms with Crippen LogP contribution in [0.15, 0.2) is 41.1 Å². The lowest BCUT2D eigenvalue weighted by molar-refractivity contribution is -0.128. The molecule has 0 bridgehead atoms. The van der Waals surface area contributed by atoms with Gasteiger partial charge in [0.2, 0.25) is 5.91 Å². The van der Waals surface area contributed by atoms with Crippen LogP contribution in [-0.4, -0.2) is 36.5 Å². The Morgan fingerprint density at radius 3 is 2.86 bits per heavy atom. The molecule has 3 amide bonds. The molecular weight excluding hydrogens is 298 g/mol. The molecule has 2 heterocycles. The number of benzene rings is 1. The molecule has 1 aliphatic rings. The van der Waals surface area contributed by atoms with E-state index in [4.69, 9.17) is 0 Å². The number of likely N-dealkylation sites (N-methyl/N-ethyl adjacent to an activating group) is 1. The van der Waals surface area contributed by atoms with Crippen molar-refractivity contribution in [3.63, 3.8) is 0 Å². The van der Waals surface area contributed by atoms with Gasteiger partial charge in [-0.15, -0.1) is 0 Å². The van der Waals surface area contributed by atoms with Crippen molar-refractivity contribution >= 4 is 29.0 Å². The number of carbonyl (C=O) groups excluding carboxylic acids is 2. The monoisotopic (exact) mass is 315 g/mol. The van der Waals surface area contributed by atoms with Gasteiger partial charge in [-0.3, -0.25) is 4.79 Å². The van der Waals surface area contributed by atoms with Gasteiger partial charge in [-0.1, -0.05) is 12.1 Å². The highest BCUT2D eigenvalue weighted by atomic mass is 32.1. The minimum absolute atomic E-state index is 0.0397. The quantitative estimate of drug-likeness (QED) is 0.915. The number of thiophene rings is 1. The van der Waals surface area contributed by atoms with Gasteiger partial charge in [-0.25, -0.2) is 4.79 Å². The second-order valence-corrected chi connectivity index (χ2v) is 6.07. The Morgan fingerprint density at radius 1 is 1.32 bits per heavy atom. The molecule has 6 heteroatoms. The maximum Gasteiger partial charge on any atom is 0.319 e. The zero-order chi connectivity index (χ0) is 15.5. The van der Waals surface area contributed by atoms with Crippen molar-refractivity contribution in [3.8, 4) is 11.1 Å². The van der Waals surface area contributed by atoms with Crippen LogP contribution >= 0.6 is 11.3 Å². The highest BCUT2D eigenvalue weighted by molar-refractivity contribution is 7.08. The molecule has 3 rings (SSSR count). The standard InChI is InChI=1S/C16H17N3O2S/c1-19-7-5-14(15(19)20)18-16(21)17-13-4-2-3-11(9-13)12-6-8-22-10-12/h2-4,6,8-10,14H,5,7H2,1H3,(H2,17,18,21)/t14-/m1/s1. The van der Waals surface area contributed by atoms with E-state index in [2.05, 4.69) is 16.0 Å². The van der Waals surface area contributed by atoms with E-state index in [1.54, 1.807) is 23.3 Å². The Morgan fingerprint density at radius 2 is 2.18 bits per heavy atom. The number of anilines is 1. The molecule has 114 valence electrons. The van der Waals surface area contributed by atoms with Crippen molar-refractivity contribution in [3.05, 3.63) is 41.1 Å². The van der Waals surface area contributed by atoms with Gasteiger partial charge < -0.3 is 15.5 Å². The third-order valence-electron chi connectivity index (χ3n) is 3.71. The van der Waals surface area contributed by atoms with Crippen LogP contribution in [-0.2, 0) is 4.79 Å². The maximum absolute atomic E-state index is 12.0. The van der Waals surface area contributed by atoms with E-state index < -0.39 is 6.04 Å². The number of nitrogens with zero attached hydrogens (tertiary/aromatic N) is 1. The van der Waals surface area contributed by atoms with Crippen molar-refractivity contribution < 1.29 is 9.59 Å². The summed E-state index contributed by atoms with van der Waals surface area (Å²) < 4.78 is 0. The Labute approximate surface area is 132 Å². The molecule has 2 aromatic rings. The SMILES string of the molecule is CN1CC[C@@H](NC(=O)Nc2cccc(-c3ccsc3)c2)C1=O. The third kappa shape index (κ3) is 3.12. The van der Waals surface area contributed by atoms with Crippen LogP contribution in [0.4, 0.5) is 10.5 Å². The summed E-state index contributed by atoms with van der Waals surface area (Å²) in [6.07, 6.45) is 0.650. The molecule has 1 saturated heterocycles. The first-order chi connectivity index (χ1) is 10.6. The Bertz CT molecular complexity index is 684. The number of amides is 3. The normalized spacial score (nSPS) is 17.6. The summed E-state index contributed by atoms with van der Waals surface area (Å²) in [5.41, 5.74) is 2.89. The molecule has 22 heavy (non-hydrogen) atoms. The van der Waals surface area contributed by atoms with Crippen molar-refractivity contribution in [2.75, 3.05) is 18.9 Å². The van der Waals surface area contributed by atoms with Crippen LogP contribution in [0.2, 0.25) is 0 Å². The number of likely N-dealkylation sites (tertiary alicyclic amines) is 1. The van der Waals surface area contributed by atoms with Crippen LogP contribution in [0.3, 0.4) is 0 Å². The molecule has 0 aliphatic carbocycles. The average Bonchev–Trinajstić information content (AvgIpc) is 3.14. The van der Waals surface area contributed by atoms with E-state index in [0.717, 1.165) is 11.1 Å². The number of urea groups is 1. The fraction of sp³-hybridized carbons (Fsp3) is 0.250. The lowest BCUT2D eigenvalue weighted by atomic mass is 10.1. The number of nitrogens with one attached hydrogen (secondary N) is 2. The molecule has 0 radical (unpaired) electrons. The molecule has 1 fully saturated rings. The van der Waals surface area contributed by atoms with E-state index in [1.165, 1.54) is 0 Å². The van der Waals surface area contributed by atoms with Crippen molar-refractivity contribution in [1.29, 1.82) is 0 Å². The number of hydrogen-bond acceptors (Lipinski definition) is 3. The summed E-state index contributed by atoms with van der Waals surface area (Å²) in [5.74, 6) is -0.0397. The van der Waals surface area contributed by atoms with Crippen molar-refractivity contribution in [2.24, 2.45) is 0 Å². The molecule has 1 aromatic carbocycles. The maximum atomic E-state index is 12.0. The zero-order valence-electron chi connectivity index (χ0n) is 12.2. The highest BCUT2D eigenvalue weighted by Gasteiger charge is 2.30. The van der Waals surface area contributed by atoms with E-state index in [1.807, 2.05) is 35.7 Å². The fourth-order valence-electron chi connectivity index (χ4n) is 2.49. The van der Waals surface area contributed by atoms with Crippen LogP contribution in [0.1, 0.15) is 6.42 Å². The lowest BCUT2D eigenvalue weighted by Crippen LogP contribution is -2.42. The van der Waals surface area contributed by atoms with Gasteiger partial charge in [0.25, 0.3) is 0 Å². The number of hydrogen-bond donors (Lipinski definition) is 2. The Hall–Kier alpha value is -2.34. The molecule has 1 aromatic heterocycles. The van der Waals surface area contributed by atoms with Gasteiger partial charge in [-0.2, -0.15) is 11.3 Å². The lowest BCUT2D eigenvalue weighted by Gasteiger charge is -2.13. The van der Waals surface area contributed by atoms with Gasteiger partial charge in [0.15, 0.2) is 0 Å². The summed E-state index contributed by atoms with van der Waals surface area (Å²) >= 11 is 1.63. The summed E-state index contributed by atoms with van der Waals surface area (Å²) in [7, 11) is 1.74. The predicted octanol–water partition coefficient (Wildman–Crippen LogP) is 2.77. The molecule has 1 atom stereocenters. The number of carbonyl (C=O) groups is 2. The second kappa shape index (κ2) is 6.19. The predicted molar refractivity (Wildman–Crippen MR) is 88.0 cm³/mol. The smallest absolute Gasteiger partial charge is 0.319 e. The summed E-state index contributed by atoms with van der Waals surface area (Å²) in [6.45, 7) is 0.678.